The molecular weight excluding hydrogens is 196 g/mol. The van der Waals surface area contributed by atoms with Crippen LogP contribution in [-0.2, 0) is 4.79 Å². The summed E-state index contributed by atoms with van der Waals surface area (Å²) in [5, 5.41) is 10.4. The van der Waals surface area contributed by atoms with Gasteiger partial charge < -0.3 is 0 Å². The van der Waals surface area contributed by atoms with Crippen molar-refractivity contribution in [2.24, 2.45) is 4.99 Å². The molecule has 0 aromatic heterocycles. The molecule has 1 aliphatic rings. The van der Waals surface area contributed by atoms with Gasteiger partial charge in [-0.05, 0) is 12.0 Å². The number of nitro groups is 1. The van der Waals surface area contributed by atoms with E-state index in [0.717, 1.165) is 12.0 Å². The number of benzene rings is 1. The number of non-ortho nitro benzene ring substituents is 1. The zero-order valence-electron chi connectivity index (χ0n) is 7.79. The topological polar surface area (TPSA) is 72.6 Å². The van der Waals surface area contributed by atoms with Crippen LogP contribution in [0.4, 0.5) is 5.69 Å². The largest absolute Gasteiger partial charge is 0.269 e. The first kappa shape index (κ1) is 9.55. The lowest BCUT2D eigenvalue weighted by Crippen LogP contribution is -1.89. The summed E-state index contributed by atoms with van der Waals surface area (Å²) in [4.78, 5) is 23.6. The molecule has 0 saturated heterocycles. The molecule has 0 spiro atoms. The predicted molar refractivity (Wildman–Crippen MR) is 52.4 cm³/mol. The van der Waals surface area contributed by atoms with Crippen molar-refractivity contribution in [3.05, 3.63) is 39.9 Å². The van der Waals surface area contributed by atoms with Gasteiger partial charge in [-0.2, -0.15) is 0 Å². The van der Waals surface area contributed by atoms with Gasteiger partial charge in [0, 0.05) is 18.1 Å². The minimum absolute atomic E-state index is 0.0176. The van der Waals surface area contributed by atoms with E-state index >= 15 is 0 Å². The minimum Gasteiger partial charge on any atom is -0.258 e. The Bertz CT molecular complexity index is 434. The van der Waals surface area contributed by atoms with Crippen LogP contribution in [0.2, 0.25) is 0 Å². The number of rotatable bonds is 3. The quantitative estimate of drug-likeness (QED) is 0.326. The van der Waals surface area contributed by atoms with E-state index in [1.54, 1.807) is 12.1 Å². The Morgan fingerprint density at radius 1 is 1.40 bits per heavy atom. The zero-order valence-corrected chi connectivity index (χ0v) is 7.79. The molecule has 5 nitrogen and oxygen atoms in total. The summed E-state index contributed by atoms with van der Waals surface area (Å²) in [6.45, 7) is 0. The molecule has 76 valence electrons. The third-order valence-corrected chi connectivity index (χ3v) is 2.51. The van der Waals surface area contributed by atoms with Gasteiger partial charge >= 0.3 is 0 Å². The Morgan fingerprint density at radius 2 is 2.07 bits per heavy atom. The van der Waals surface area contributed by atoms with Gasteiger partial charge in [-0.1, -0.05) is 12.1 Å². The van der Waals surface area contributed by atoms with Crippen LogP contribution >= 0.6 is 0 Å². The van der Waals surface area contributed by atoms with Crippen LogP contribution in [0.15, 0.2) is 29.3 Å². The van der Waals surface area contributed by atoms with Gasteiger partial charge in [0.2, 0.25) is 6.08 Å². The molecule has 0 N–H and O–H groups in total. The van der Waals surface area contributed by atoms with Crippen LogP contribution in [0.1, 0.15) is 17.9 Å². The van der Waals surface area contributed by atoms with Crippen molar-refractivity contribution in [3.63, 3.8) is 0 Å². The molecule has 1 saturated carbocycles. The van der Waals surface area contributed by atoms with Gasteiger partial charge in [-0.25, -0.2) is 9.79 Å². The van der Waals surface area contributed by atoms with E-state index in [9.17, 15) is 14.9 Å². The highest BCUT2D eigenvalue weighted by Gasteiger charge is 2.38. The molecule has 5 heteroatoms. The predicted octanol–water partition coefficient (Wildman–Crippen LogP) is 1.79. The lowest BCUT2D eigenvalue weighted by molar-refractivity contribution is -0.384. The first-order chi connectivity index (χ1) is 7.22. The molecule has 15 heavy (non-hydrogen) atoms. The summed E-state index contributed by atoms with van der Waals surface area (Å²) >= 11 is 0. The lowest BCUT2D eigenvalue weighted by atomic mass is 10.1. The number of nitrogens with zero attached hydrogens (tertiary/aromatic N) is 2. The van der Waals surface area contributed by atoms with E-state index in [4.69, 9.17) is 0 Å². The van der Waals surface area contributed by atoms with Crippen LogP contribution in [0.25, 0.3) is 0 Å². The molecule has 2 unspecified atom stereocenters. The van der Waals surface area contributed by atoms with E-state index in [2.05, 4.69) is 4.99 Å². The Hall–Kier alpha value is -2.00. The van der Waals surface area contributed by atoms with Gasteiger partial charge in [0.15, 0.2) is 0 Å². The fourth-order valence-corrected chi connectivity index (χ4v) is 1.59. The van der Waals surface area contributed by atoms with Crippen LogP contribution in [0.5, 0.6) is 0 Å². The van der Waals surface area contributed by atoms with Gasteiger partial charge in [-0.3, -0.25) is 10.1 Å². The molecule has 2 atom stereocenters. The molecule has 1 aliphatic carbocycles. The first-order valence-electron chi connectivity index (χ1n) is 4.53. The number of nitro benzene ring substituents is 1. The highest BCUT2D eigenvalue weighted by atomic mass is 16.6. The Morgan fingerprint density at radius 3 is 2.60 bits per heavy atom. The maximum atomic E-state index is 10.4. The normalized spacial score (nSPS) is 22.9. The van der Waals surface area contributed by atoms with E-state index in [1.807, 2.05) is 0 Å². The number of hydrogen-bond donors (Lipinski definition) is 0. The van der Waals surface area contributed by atoms with E-state index in [1.165, 1.54) is 18.2 Å². The summed E-state index contributed by atoms with van der Waals surface area (Å²) < 4.78 is 0. The summed E-state index contributed by atoms with van der Waals surface area (Å²) in [7, 11) is 0. The third-order valence-electron chi connectivity index (χ3n) is 2.51. The average Bonchev–Trinajstić information content (AvgIpc) is 2.98. The van der Waals surface area contributed by atoms with Gasteiger partial charge in [0.05, 0.1) is 11.0 Å². The number of aliphatic imine (C=N–C) groups is 1. The maximum Gasteiger partial charge on any atom is 0.269 e. The van der Waals surface area contributed by atoms with Crippen LogP contribution < -0.4 is 0 Å². The molecule has 0 aliphatic heterocycles. The van der Waals surface area contributed by atoms with E-state index < -0.39 is 4.92 Å². The summed E-state index contributed by atoms with van der Waals surface area (Å²) in [6.07, 6.45) is 2.35. The second kappa shape index (κ2) is 3.63. The SMILES string of the molecule is O=C=NC1CC1c1ccc([N+](=O)[O-])cc1. The first-order valence-corrected chi connectivity index (χ1v) is 4.53. The van der Waals surface area contributed by atoms with E-state index in [-0.39, 0.29) is 17.6 Å². The maximum absolute atomic E-state index is 10.4. The fourth-order valence-electron chi connectivity index (χ4n) is 1.59. The number of isocyanates is 1. The Labute approximate surface area is 85.6 Å². The molecule has 1 fully saturated rings. The standard InChI is InChI=1S/C10H8N2O3/c13-6-11-10-5-9(10)7-1-3-8(4-2-7)12(14)15/h1-4,9-10H,5H2. The molecular formula is C10H8N2O3. The van der Waals surface area contributed by atoms with Crippen LogP contribution in [0.3, 0.4) is 0 Å². The van der Waals surface area contributed by atoms with Crippen LogP contribution in [-0.4, -0.2) is 17.0 Å². The zero-order chi connectivity index (χ0) is 10.8. The molecule has 0 amide bonds. The second-order valence-corrected chi connectivity index (χ2v) is 3.48. The number of carbonyl (C=O) groups excluding carboxylic acids is 1. The van der Waals surface area contributed by atoms with Crippen molar-refractivity contribution in [3.8, 4) is 0 Å². The summed E-state index contributed by atoms with van der Waals surface area (Å²) in [5.74, 6) is 0.229. The van der Waals surface area contributed by atoms with Crippen molar-refractivity contribution in [1.82, 2.24) is 0 Å². The summed E-state index contributed by atoms with van der Waals surface area (Å²) in [6, 6.07) is 6.38. The smallest absolute Gasteiger partial charge is 0.258 e. The monoisotopic (exact) mass is 204 g/mol. The van der Waals surface area contributed by atoms with Crippen molar-refractivity contribution in [1.29, 1.82) is 0 Å². The summed E-state index contributed by atoms with van der Waals surface area (Å²) in [5.41, 5.74) is 1.07. The van der Waals surface area contributed by atoms with Crippen LogP contribution in [0, 0.1) is 10.1 Å². The second-order valence-electron chi connectivity index (χ2n) is 3.48. The highest BCUT2D eigenvalue weighted by Crippen LogP contribution is 2.43. The highest BCUT2D eigenvalue weighted by molar-refractivity contribution is 5.40. The molecule has 0 radical (unpaired) electrons. The van der Waals surface area contributed by atoms with Crippen molar-refractivity contribution in [2.75, 3.05) is 0 Å². The molecule has 0 heterocycles. The van der Waals surface area contributed by atoms with Crippen molar-refractivity contribution < 1.29 is 9.72 Å². The molecule has 2 rings (SSSR count). The third kappa shape index (κ3) is 1.92. The lowest BCUT2D eigenvalue weighted by Gasteiger charge is -1.96. The van der Waals surface area contributed by atoms with Crippen molar-refractivity contribution in [2.45, 2.75) is 18.4 Å². The Balaban J connectivity index is 2.12. The number of hydrogen-bond acceptors (Lipinski definition) is 4. The molecule has 0 bridgehead atoms. The van der Waals surface area contributed by atoms with Gasteiger partial charge in [0.1, 0.15) is 0 Å². The van der Waals surface area contributed by atoms with E-state index in [0.29, 0.717) is 0 Å². The Kier molecular flexibility index (Phi) is 2.31. The van der Waals surface area contributed by atoms with Gasteiger partial charge in [-0.15, -0.1) is 0 Å². The van der Waals surface area contributed by atoms with Crippen molar-refractivity contribution >= 4 is 11.8 Å². The average molecular weight is 204 g/mol. The minimum atomic E-state index is -0.433. The molecule has 1 aromatic carbocycles. The fraction of sp³-hybridized carbons (Fsp3) is 0.300. The van der Waals surface area contributed by atoms with Gasteiger partial charge in [0.25, 0.3) is 5.69 Å². The molecule has 1 aromatic rings.